The fraction of sp³-hybridized carbons (Fsp3) is 0.615. The molecule has 0 amide bonds. The van der Waals surface area contributed by atoms with Gasteiger partial charge in [-0.25, -0.2) is 10.8 Å². The summed E-state index contributed by atoms with van der Waals surface area (Å²) in [4.78, 5) is 9.15. The van der Waals surface area contributed by atoms with Gasteiger partial charge in [-0.1, -0.05) is 6.07 Å². The molecule has 5 nitrogen and oxygen atoms in total. The van der Waals surface area contributed by atoms with E-state index in [1.807, 2.05) is 6.07 Å². The van der Waals surface area contributed by atoms with Crippen molar-refractivity contribution in [3.8, 4) is 0 Å². The van der Waals surface area contributed by atoms with Crippen molar-refractivity contribution in [3.05, 3.63) is 23.9 Å². The van der Waals surface area contributed by atoms with Crippen LogP contribution in [0.2, 0.25) is 0 Å². The first-order valence-electron chi connectivity index (χ1n) is 6.54. The van der Waals surface area contributed by atoms with Crippen molar-refractivity contribution in [3.63, 3.8) is 0 Å². The molecule has 0 aliphatic carbocycles. The summed E-state index contributed by atoms with van der Waals surface area (Å²) in [6.07, 6.45) is 2.98. The van der Waals surface area contributed by atoms with E-state index in [0.717, 1.165) is 31.0 Å². The normalized spacial score (nSPS) is 22.7. The highest BCUT2D eigenvalue weighted by atomic mass is 15.3. The molecular weight excluding hydrogens is 226 g/mol. The van der Waals surface area contributed by atoms with Crippen LogP contribution in [0.4, 0.5) is 5.82 Å². The SMILES string of the molecule is CC1CN(C)CCCN1Cc1cccnc1NN. The molecule has 1 saturated heterocycles. The van der Waals surface area contributed by atoms with Gasteiger partial charge >= 0.3 is 0 Å². The number of anilines is 1. The third kappa shape index (κ3) is 3.19. The number of nitrogens with two attached hydrogens (primary N) is 1. The van der Waals surface area contributed by atoms with Gasteiger partial charge in [0.05, 0.1) is 0 Å². The summed E-state index contributed by atoms with van der Waals surface area (Å²) in [6.45, 7) is 6.61. The summed E-state index contributed by atoms with van der Waals surface area (Å²) in [7, 11) is 2.19. The Bertz CT molecular complexity index is 381. The second-order valence-electron chi connectivity index (χ2n) is 5.09. The van der Waals surface area contributed by atoms with Gasteiger partial charge in [-0.15, -0.1) is 0 Å². The first kappa shape index (κ1) is 13.3. The fourth-order valence-electron chi connectivity index (χ4n) is 2.57. The van der Waals surface area contributed by atoms with Gasteiger partial charge in [0.25, 0.3) is 0 Å². The van der Waals surface area contributed by atoms with Crippen molar-refractivity contribution < 1.29 is 0 Å². The first-order valence-corrected chi connectivity index (χ1v) is 6.54. The van der Waals surface area contributed by atoms with E-state index in [4.69, 9.17) is 5.84 Å². The minimum absolute atomic E-state index is 0.559. The maximum Gasteiger partial charge on any atom is 0.144 e. The molecule has 3 N–H and O–H groups in total. The molecule has 18 heavy (non-hydrogen) atoms. The predicted octanol–water partition coefficient (Wildman–Crippen LogP) is 0.893. The lowest BCUT2D eigenvalue weighted by molar-refractivity contribution is 0.195. The average molecular weight is 249 g/mol. The molecule has 1 aliphatic rings. The minimum Gasteiger partial charge on any atom is -0.308 e. The first-order chi connectivity index (χ1) is 8.70. The number of rotatable bonds is 3. The standard InChI is InChI=1S/C13H23N5/c1-11-9-17(2)7-4-8-18(11)10-12-5-3-6-15-13(12)16-14/h3,5-6,11H,4,7-10,14H2,1-2H3,(H,15,16). The topological polar surface area (TPSA) is 57.4 Å². The molecule has 1 aromatic heterocycles. The van der Waals surface area contributed by atoms with E-state index in [9.17, 15) is 0 Å². The van der Waals surface area contributed by atoms with Crippen LogP contribution in [-0.4, -0.2) is 47.5 Å². The highest BCUT2D eigenvalue weighted by molar-refractivity contribution is 5.42. The number of nitrogens with one attached hydrogen (secondary N) is 1. The average Bonchev–Trinajstić information content (AvgIpc) is 2.52. The summed E-state index contributed by atoms with van der Waals surface area (Å²) < 4.78 is 0. The molecule has 2 heterocycles. The summed E-state index contributed by atoms with van der Waals surface area (Å²) in [5, 5.41) is 0. The zero-order valence-corrected chi connectivity index (χ0v) is 11.3. The summed E-state index contributed by atoms with van der Waals surface area (Å²) in [5.74, 6) is 6.28. The third-order valence-electron chi connectivity index (χ3n) is 3.59. The van der Waals surface area contributed by atoms with Crippen molar-refractivity contribution in [1.29, 1.82) is 0 Å². The quantitative estimate of drug-likeness (QED) is 0.615. The van der Waals surface area contributed by atoms with E-state index in [0.29, 0.717) is 6.04 Å². The molecule has 2 rings (SSSR count). The number of hydrogen-bond donors (Lipinski definition) is 2. The Morgan fingerprint density at radius 1 is 1.50 bits per heavy atom. The van der Waals surface area contributed by atoms with Crippen LogP contribution < -0.4 is 11.3 Å². The Kier molecular flexibility index (Phi) is 4.52. The van der Waals surface area contributed by atoms with Gasteiger partial charge in [-0.05, 0) is 33.0 Å². The number of pyridine rings is 1. The molecule has 0 bridgehead atoms. The number of nitrogen functional groups attached to an aromatic ring is 1. The molecule has 0 saturated carbocycles. The predicted molar refractivity (Wildman–Crippen MR) is 74.0 cm³/mol. The monoisotopic (exact) mass is 249 g/mol. The number of nitrogens with zero attached hydrogens (tertiary/aromatic N) is 3. The van der Waals surface area contributed by atoms with Crippen molar-refractivity contribution in [2.45, 2.75) is 25.9 Å². The molecular formula is C13H23N5. The Balaban J connectivity index is 2.07. The van der Waals surface area contributed by atoms with Crippen molar-refractivity contribution in [1.82, 2.24) is 14.8 Å². The van der Waals surface area contributed by atoms with Crippen LogP contribution in [0.3, 0.4) is 0 Å². The molecule has 100 valence electrons. The molecule has 5 heteroatoms. The molecule has 1 unspecified atom stereocenters. The van der Waals surface area contributed by atoms with Gasteiger partial charge in [0.15, 0.2) is 0 Å². The molecule has 1 aliphatic heterocycles. The zero-order valence-electron chi connectivity index (χ0n) is 11.3. The molecule has 1 atom stereocenters. The molecule has 0 spiro atoms. The number of aromatic nitrogens is 1. The van der Waals surface area contributed by atoms with Gasteiger partial charge in [0, 0.05) is 37.4 Å². The molecule has 1 fully saturated rings. The maximum atomic E-state index is 5.50. The van der Waals surface area contributed by atoms with Crippen LogP contribution in [-0.2, 0) is 6.54 Å². The van der Waals surface area contributed by atoms with E-state index < -0.39 is 0 Å². The van der Waals surface area contributed by atoms with E-state index in [1.165, 1.54) is 13.0 Å². The van der Waals surface area contributed by atoms with Gasteiger partial charge in [0.1, 0.15) is 5.82 Å². The van der Waals surface area contributed by atoms with Gasteiger partial charge in [-0.2, -0.15) is 0 Å². The highest BCUT2D eigenvalue weighted by Crippen LogP contribution is 2.17. The van der Waals surface area contributed by atoms with Crippen LogP contribution in [0.5, 0.6) is 0 Å². The maximum absolute atomic E-state index is 5.50. The van der Waals surface area contributed by atoms with Crippen LogP contribution in [0.15, 0.2) is 18.3 Å². The van der Waals surface area contributed by atoms with Gasteiger partial charge in [-0.3, -0.25) is 4.90 Å². The second kappa shape index (κ2) is 6.13. The lowest BCUT2D eigenvalue weighted by Gasteiger charge is -2.28. The van der Waals surface area contributed by atoms with E-state index in [1.54, 1.807) is 6.20 Å². The third-order valence-corrected chi connectivity index (χ3v) is 3.59. The lowest BCUT2D eigenvalue weighted by atomic mass is 10.2. The summed E-state index contributed by atoms with van der Waals surface area (Å²) in [5.41, 5.74) is 3.84. The lowest BCUT2D eigenvalue weighted by Crippen LogP contribution is -2.37. The minimum atomic E-state index is 0.559. The second-order valence-corrected chi connectivity index (χ2v) is 5.09. The Hall–Kier alpha value is -1.17. The Morgan fingerprint density at radius 3 is 3.11 bits per heavy atom. The van der Waals surface area contributed by atoms with Crippen LogP contribution >= 0.6 is 0 Å². The molecule has 0 aromatic carbocycles. The Labute approximate surface area is 109 Å². The van der Waals surface area contributed by atoms with Crippen LogP contribution in [0.25, 0.3) is 0 Å². The Morgan fingerprint density at radius 2 is 2.33 bits per heavy atom. The van der Waals surface area contributed by atoms with E-state index in [2.05, 4.69) is 40.2 Å². The highest BCUT2D eigenvalue weighted by Gasteiger charge is 2.20. The molecule has 1 aromatic rings. The zero-order chi connectivity index (χ0) is 13.0. The van der Waals surface area contributed by atoms with E-state index in [-0.39, 0.29) is 0 Å². The number of hydrazine groups is 1. The van der Waals surface area contributed by atoms with Crippen LogP contribution in [0.1, 0.15) is 18.9 Å². The van der Waals surface area contributed by atoms with Crippen molar-refractivity contribution >= 4 is 5.82 Å². The number of likely N-dealkylation sites (N-methyl/N-ethyl adjacent to an activating group) is 1. The van der Waals surface area contributed by atoms with Crippen LogP contribution in [0, 0.1) is 0 Å². The van der Waals surface area contributed by atoms with E-state index >= 15 is 0 Å². The van der Waals surface area contributed by atoms with Crippen molar-refractivity contribution in [2.75, 3.05) is 32.1 Å². The van der Waals surface area contributed by atoms with Crippen molar-refractivity contribution in [2.24, 2.45) is 5.84 Å². The summed E-state index contributed by atoms with van der Waals surface area (Å²) >= 11 is 0. The summed E-state index contributed by atoms with van der Waals surface area (Å²) in [6, 6.07) is 4.61. The number of hydrogen-bond acceptors (Lipinski definition) is 5. The fourth-order valence-corrected chi connectivity index (χ4v) is 2.57. The smallest absolute Gasteiger partial charge is 0.144 e. The molecule has 0 radical (unpaired) electrons. The largest absolute Gasteiger partial charge is 0.308 e. The van der Waals surface area contributed by atoms with Gasteiger partial charge in [0.2, 0.25) is 0 Å². The van der Waals surface area contributed by atoms with Gasteiger partial charge < -0.3 is 10.3 Å².